The van der Waals surface area contributed by atoms with Crippen LogP contribution in [0.3, 0.4) is 0 Å². The Labute approximate surface area is 162 Å². The van der Waals surface area contributed by atoms with Gasteiger partial charge in [0.1, 0.15) is 0 Å². The van der Waals surface area contributed by atoms with Gasteiger partial charge >= 0.3 is 0 Å². The van der Waals surface area contributed by atoms with E-state index in [2.05, 4.69) is 61.8 Å². The molecule has 0 atom stereocenters. The van der Waals surface area contributed by atoms with E-state index in [9.17, 15) is 4.79 Å². The molecule has 1 amide bonds. The van der Waals surface area contributed by atoms with Crippen LogP contribution in [0.15, 0.2) is 53.1 Å². The summed E-state index contributed by atoms with van der Waals surface area (Å²) in [6.45, 7) is 4.00. The van der Waals surface area contributed by atoms with Crippen LogP contribution in [0.1, 0.15) is 29.5 Å². The number of carbonyl (C=O) groups excluding carboxylic acids is 1. The molecular weight excluding hydrogens is 390 g/mol. The van der Waals surface area contributed by atoms with Crippen LogP contribution in [0.5, 0.6) is 0 Å². The Morgan fingerprint density at radius 2 is 1.88 bits per heavy atom. The van der Waals surface area contributed by atoms with Gasteiger partial charge in [0.2, 0.25) is 0 Å². The van der Waals surface area contributed by atoms with Crippen molar-refractivity contribution in [1.82, 2.24) is 10.2 Å². The molecule has 1 fully saturated rings. The number of rotatable bonds is 4. The number of hydrogen-bond acceptors (Lipinski definition) is 3. The Morgan fingerprint density at radius 3 is 2.65 bits per heavy atom. The predicted octanol–water partition coefficient (Wildman–Crippen LogP) is 4.13. The lowest BCUT2D eigenvalue weighted by Gasteiger charge is -2.20. The average Bonchev–Trinajstić information content (AvgIpc) is 3.15. The van der Waals surface area contributed by atoms with Crippen LogP contribution in [0.4, 0.5) is 5.69 Å². The molecule has 5 heteroatoms. The van der Waals surface area contributed by atoms with Crippen molar-refractivity contribution in [2.45, 2.75) is 25.9 Å². The van der Waals surface area contributed by atoms with Crippen LogP contribution in [-0.2, 0) is 17.9 Å². The van der Waals surface area contributed by atoms with Gasteiger partial charge in [0.05, 0.1) is 5.57 Å². The lowest BCUT2D eigenvalue weighted by Crippen LogP contribution is -2.29. The van der Waals surface area contributed by atoms with Crippen molar-refractivity contribution >= 4 is 33.1 Å². The fourth-order valence-electron chi connectivity index (χ4n) is 3.57. The largest absolute Gasteiger partial charge is 0.361 e. The standard InChI is InChI=1S/C21H22BrN3O/c22-17-5-8-19-16(11-17)12-24-21(26)20(19)13-23-18-6-3-15(4-7-18)14-25-9-1-2-10-25/h3-8,11,13,23H,1-2,9-10,12,14H2,(H,24,26). The number of halogens is 1. The van der Waals surface area contributed by atoms with Crippen LogP contribution in [0.2, 0.25) is 0 Å². The molecule has 134 valence electrons. The summed E-state index contributed by atoms with van der Waals surface area (Å²) >= 11 is 3.49. The van der Waals surface area contributed by atoms with E-state index in [-0.39, 0.29) is 5.91 Å². The Balaban J connectivity index is 1.48. The van der Waals surface area contributed by atoms with Gasteiger partial charge in [-0.15, -0.1) is 0 Å². The summed E-state index contributed by atoms with van der Waals surface area (Å²) in [7, 11) is 0. The quantitative estimate of drug-likeness (QED) is 0.743. The maximum absolute atomic E-state index is 12.3. The number of fused-ring (bicyclic) bond motifs is 1. The summed E-state index contributed by atoms with van der Waals surface area (Å²) in [5.74, 6) is -0.0435. The SMILES string of the molecule is O=C1NCc2cc(Br)ccc2C1=CNc1ccc(CN2CCCC2)cc1. The molecule has 0 radical (unpaired) electrons. The molecule has 0 unspecified atom stereocenters. The zero-order valence-corrected chi connectivity index (χ0v) is 16.2. The summed E-state index contributed by atoms with van der Waals surface area (Å²) in [6, 6.07) is 14.5. The van der Waals surface area contributed by atoms with Crippen LogP contribution < -0.4 is 10.6 Å². The van der Waals surface area contributed by atoms with Crippen LogP contribution in [0, 0.1) is 0 Å². The average molecular weight is 412 g/mol. The van der Waals surface area contributed by atoms with Gasteiger partial charge < -0.3 is 10.6 Å². The van der Waals surface area contributed by atoms with Crippen molar-refractivity contribution < 1.29 is 4.79 Å². The van der Waals surface area contributed by atoms with E-state index in [1.807, 2.05) is 12.1 Å². The fourth-order valence-corrected chi connectivity index (χ4v) is 3.98. The van der Waals surface area contributed by atoms with E-state index in [0.717, 1.165) is 27.8 Å². The molecular formula is C21H22BrN3O. The molecule has 2 aromatic carbocycles. The first-order valence-corrected chi connectivity index (χ1v) is 9.83. The number of hydrogen-bond donors (Lipinski definition) is 2. The zero-order chi connectivity index (χ0) is 17.9. The Morgan fingerprint density at radius 1 is 1.12 bits per heavy atom. The first-order chi connectivity index (χ1) is 12.7. The van der Waals surface area contributed by atoms with Crippen LogP contribution >= 0.6 is 15.9 Å². The summed E-state index contributed by atoms with van der Waals surface area (Å²) in [5.41, 5.74) is 5.08. The summed E-state index contributed by atoms with van der Waals surface area (Å²) in [5, 5.41) is 6.20. The molecule has 26 heavy (non-hydrogen) atoms. The van der Waals surface area contributed by atoms with E-state index in [0.29, 0.717) is 12.1 Å². The molecule has 4 rings (SSSR count). The van der Waals surface area contributed by atoms with E-state index < -0.39 is 0 Å². The van der Waals surface area contributed by atoms with E-state index in [4.69, 9.17) is 0 Å². The number of benzene rings is 2. The number of nitrogens with zero attached hydrogens (tertiary/aromatic N) is 1. The fraction of sp³-hybridized carbons (Fsp3) is 0.286. The third-order valence-corrected chi connectivity index (χ3v) is 5.48. The van der Waals surface area contributed by atoms with Crippen molar-refractivity contribution in [2.75, 3.05) is 18.4 Å². The monoisotopic (exact) mass is 411 g/mol. The molecule has 4 nitrogen and oxygen atoms in total. The Bertz CT molecular complexity index is 839. The molecule has 2 aliphatic heterocycles. The maximum Gasteiger partial charge on any atom is 0.253 e. The topological polar surface area (TPSA) is 44.4 Å². The highest BCUT2D eigenvalue weighted by Crippen LogP contribution is 2.27. The van der Waals surface area contributed by atoms with E-state index in [1.54, 1.807) is 6.20 Å². The lowest BCUT2D eigenvalue weighted by atomic mass is 9.96. The Hall–Kier alpha value is -2.11. The molecule has 0 bridgehead atoms. The van der Waals surface area contributed by atoms with Gasteiger partial charge in [0.15, 0.2) is 0 Å². The number of nitrogens with one attached hydrogen (secondary N) is 2. The molecule has 0 aliphatic carbocycles. The Kier molecular flexibility index (Phi) is 5.09. The van der Waals surface area contributed by atoms with Gasteiger partial charge in [-0.2, -0.15) is 0 Å². The highest BCUT2D eigenvalue weighted by molar-refractivity contribution is 9.10. The van der Waals surface area contributed by atoms with Crippen LogP contribution in [0.25, 0.3) is 5.57 Å². The summed E-state index contributed by atoms with van der Waals surface area (Å²) < 4.78 is 1.02. The minimum Gasteiger partial charge on any atom is -0.361 e. The molecule has 0 spiro atoms. The number of carbonyl (C=O) groups is 1. The molecule has 2 aliphatic rings. The van der Waals surface area contributed by atoms with E-state index in [1.165, 1.54) is 31.5 Å². The first kappa shape index (κ1) is 17.3. The van der Waals surface area contributed by atoms with Gasteiger partial charge in [0, 0.05) is 29.4 Å². The van der Waals surface area contributed by atoms with Crippen molar-refractivity contribution in [1.29, 1.82) is 0 Å². The number of anilines is 1. The molecule has 0 saturated carbocycles. The minimum atomic E-state index is -0.0435. The molecule has 2 aromatic rings. The second kappa shape index (κ2) is 7.64. The maximum atomic E-state index is 12.3. The highest BCUT2D eigenvalue weighted by atomic mass is 79.9. The highest BCUT2D eigenvalue weighted by Gasteiger charge is 2.21. The first-order valence-electron chi connectivity index (χ1n) is 9.04. The van der Waals surface area contributed by atoms with Gasteiger partial charge in [-0.1, -0.05) is 34.1 Å². The summed E-state index contributed by atoms with van der Waals surface area (Å²) in [6.07, 6.45) is 4.43. The van der Waals surface area contributed by atoms with Crippen molar-refractivity contribution in [3.05, 3.63) is 69.8 Å². The van der Waals surface area contributed by atoms with Gasteiger partial charge in [-0.05, 0) is 66.9 Å². The normalized spacial score (nSPS) is 18.7. The van der Waals surface area contributed by atoms with Gasteiger partial charge in [-0.3, -0.25) is 9.69 Å². The van der Waals surface area contributed by atoms with E-state index >= 15 is 0 Å². The lowest BCUT2D eigenvalue weighted by molar-refractivity contribution is -0.116. The third kappa shape index (κ3) is 3.84. The number of amides is 1. The predicted molar refractivity (Wildman–Crippen MR) is 109 cm³/mol. The second-order valence-corrected chi connectivity index (χ2v) is 7.78. The van der Waals surface area contributed by atoms with Gasteiger partial charge in [0.25, 0.3) is 5.91 Å². The van der Waals surface area contributed by atoms with Crippen molar-refractivity contribution in [3.63, 3.8) is 0 Å². The van der Waals surface area contributed by atoms with Crippen molar-refractivity contribution in [3.8, 4) is 0 Å². The van der Waals surface area contributed by atoms with Crippen molar-refractivity contribution in [2.24, 2.45) is 0 Å². The summed E-state index contributed by atoms with van der Waals surface area (Å²) in [4.78, 5) is 14.8. The second-order valence-electron chi connectivity index (χ2n) is 6.87. The smallest absolute Gasteiger partial charge is 0.253 e. The molecule has 2 N–H and O–H groups in total. The zero-order valence-electron chi connectivity index (χ0n) is 14.6. The molecule has 2 heterocycles. The number of likely N-dealkylation sites (tertiary alicyclic amines) is 1. The molecule has 0 aromatic heterocycles. The van der Waals surface area contributed by atoms with Crippen LogP contribution in [-0.4, -0.2) is 23.9 Å². The molecule has 1 saturated heterocycles. The minimum absolute atomic E-state index is 0.0435. The third-order valence-electron chi connectivity index (χ3n) is 4.98. The van der Waals surface area contributed by atoms with Gasteiger partial charge in [-0.25, -0.2) is 0 Å².